The minimum absolute atomic E-state index is 0.164. The Morgan fingerprint density at radius 1 is 1.36 bits per heavy atom. The summed E-state index contributed by atoms with van der Waals surface area (Å²) in [6.07, 6.45) is 1.89. The molecule has 6 heteroatoms. The second-order valence-corrected chi connectivity index (χ2v) is 6.13. The summed E-state index contributed by atoms with van der Waals surface area (Å²) >= 11 is 5.97. The van der Waals surface area contributed by atoms with E-state index in [9.17, 15) is 9.59 Å². The highest BCUT2D eigenvalue weighted by Gasteiger charge is 2.26. The van der Waals surface area contributed by atoms with Gasteiger partial charge in [-0.1, -0.05) is 24.6 Å². The molecule has 0 radical (unpaired) electrons. The van der Waals surface area contributed by atoms with E-state index in [0.717, 1.165) is 24.5 Å². The van der Waals surface area contributed by atoms with E-state index < -0.39 is 12.0 Å². The molecule has 1 aromatic rings. The number of hydrogen-bond donors (Lipinski definition) is 3. The SMILES string of the molecule is C[C@@H]1CNCCc2ccc(Cl)cc21.O=C1CC[C@@H](C(=O)O)N1. The molecule has 0 aliphatic carbocycles. The molecule has 1 saturated heterocycles. The number of amides is 1. The number of halogens is 1. The first-order valence-corrected chi connectivity index (χ1v) is 7.86. The monoisotopic (exact) mass is 324 g/mol. The smallest absolute Gasteiger partial charge is 0.326 e. The summed E-state index contributed by atoms with van der Waals surface area (Å²) in [7, 11) is 0. The van der Waals surface area contributed by atoms with Crippen LogP contribution in [0.5, 0.6) is 0 Å². The van der Waals surface area contributed by atoms with Crippen LogP contribution in [-0.4, -0.2) is 36.1 Å². The Bertz CT molecular complexity index is 562. The molecule has 1 amide bonds. The molecular formula is C16H21ClN2O3. The van der Waals surface area contributed by atoms with Crippen molar-refractivity contribution >= 4 is 23.5 Å². The van der Waals surface area contributed by atoms with Crippen molar-refractivity contribution in [3.8, 4) is 0 Å². The van der Waals surface area contributed by atoms with Gasteiger partial charge < -0.3 is 15.7 Å². The number of carbonyl (C=O) groups excluding carboxylic acids is 1. The molecule has 0 unspecified atom stereocenters. The summed E-state index contributed by atoms with van der Waals surface area (Å²) in [5.74, 6) is -0.528. The van der Waals surface area contributed by atoms with Gasteiger partial charge in [-0.3, -0.25) is 4.79 Å². The van der Waals surface area contributed by atoms with Gasteiger partial charge in [0, 0.05) is 18.0 Å². The number of nitrogens with one attached hydrogen (secondary N) is 2. The van der Waals surface area contributed by atoms with Crippen LogP contribution in [0.3, 0.4) is 0 Å². The molecule has 0 bridgehead atoms. The van der Waals surface area contributed by atoms with E-state index in [1.165, 1.54) is 11.1 Å². The minimum Gasteiger partial charge on any atom is -0.480 e. The number of benzene rings is 1. The lowest BCUT2D eigenvalue weighted by Gasteiger charge is -2.11. The second-order valence-electron chi connectivity index (χ2n) is 5.70. The van der Waals surface area contributed by atoms with Crippen molar-refractivity contribution in [2.45, 2.75) is 38.1 Å². The zero-order valence-electron chi connectivity index (χ0n) is 12.6. The molecule has 2 heterocycles. The third kappa shape index (κ3) is 4.45. The lowest BCUT2D eigenvalue weighted by Crippen LogP contribution is -2.32. The van der Waals surface area contributed by atoms with Gasteiger partial charge in [0.2, 0.25) is 5.91 Å². The Labute approximate surface area is 135 Å². The average Bonchev–Trinajstić information content (AvgIpc) is 2.84. The Balaban J connectivity index is 0.000000172. The van der Waals surface area contributed by atoms with E-state index in [1.54, 1.807) is 0 Å². The second kappa shape index (κ2) is 7.61. The molecule has 0 saturated carbocycles. The molecule has 22 heavy (non-hydrogen) atoms. The fourth-order valence-electron chi connectivity index (χ4n) is 2.70. The minimum atomic E-state index is -0.944. The highest BCUT2D eigenvalue weighted by molar-refractivity contribution is 6.30. The van der Waals surface area contributed by atoms with Crippen molar-refractivity contribution in [3.05, 3.63) is 34.3 Å². The molecule has 5 nitrogen and oxygen atoms in total. The Morgan fingerprint density at radius 3 is 2.73 bits per heavy atom. The first-order chi connectivity index (χ1) is 10.5. The van der Waals surface area contributed by atoms with E-state index in [0.29, 0.717) is 18.8 Å². The van der Waals surface area contributed by atoms with Crippen molar-refractivity contribution in [1.29, 1.82) is 0 Å². The number of rotatable bonds is 1. The summed E-state index contributed by atoms with van der Waals surface area (Å²) in [6.45, 7) is 4.39. The van der Waals surface area contributed by atoms with Gasteiger partial charge in [-0.15, -0.1) is 0 Å². The Kier molecular flexibility index (Phi) is 5.80. The average molecular weight is 325 g/mol. The van der Waals surface area contributed by atoms with Crippen LogP contribution in [0, 0.1) is 0 Å². The number of fused-ring (bicyclic) bond motifs is 1. The molecule has 2 atom stereocenters. The molecule has 1 fully saturated rings. The van der Waals surface area contributed by atoms with Crippen LogP contribution in [-0.2, 0) is 16.0 Å². The normalized spacial score (nSPS) is 23.6. The molecule has 3 N–H and O–H groups in total. The van der Waals surface area contributed by atoms with Gasteiger partial charge in [-0.05, 0) is 48.6 Å². The summed E-state index contributed by atoms with van der Waals surface area (Å²) in [6, 6.07) is 5.60. The molecule has 0 aromatic heterocycles. The first kappa shape index (κ1) is 16.8. The van der Waals surface area contributed by atoms with E-state index in [2.05, 4.69) is 29.7 Å². The van der Waals surface area contributed by atoms with Crippen molar-refractivity contribution in [2.24, 2.45) is 0 Å². The van der Waals surface area contributed by atoms with Gasteiger partial charge in [0.25, 0.3) is 0 Å². The maximum absolute atomic E-state index is 10.4. The zero-order chi connectivity index (χ0) is 16.1. The van der Waals surface area contributed by atoms with Gasteiger partial charge >= 0.3 is 5.97 Å². The predicted molar refractivity (Wildman–Crippen MR) is 85.2 cm³/mol. The van der Waals surface area contributed by atoms with E-state index in [1.807, 2.05) is 6.07 Å². The van der Waals surface area contributed by atoms with Crippen molar-refractivity contribution < 1.29 is 14.7 Å². The Hall–Kier alpha value is -1.59. The van der Waals surface area contributed by atoms with Crippen LogP contribution in [0.15, 0.2) is 18.2 Å². The predicted octanol–water partition coefficient (Wildman–Crippen LogP) is 1.94. The number of carbonyl (C=O) groups is 2. The standard InChI is InChI=1S/C11H14ClN.C5H7NO3/c1-8-7-13-5-4-9-2-3-10(12)6-11(8)9;7-4-2-1-3(6-4)5(8)9/h2-3,6,8,13H,4-5,7H2,1H3;3H,1-2H2,(H,6,7)(H,8,9)/t8-;3-/m10/s1. The molecule has 3 rings (SSSR count). The van der Waals surface area contributed by atoms with Gasteiger partial charge in [0.15, 0.2) is 0 Å². The highest BCUT2D eigenvalue weighted by Crippen LogP contribution is 2.25. The summed E-state index contributed by atoms with van der Waals surface area (Å²) < 4.78 is 0. The lowest BCUT2D eigenvalue weighted by atomic mass is 9.96. The maximum atomic E-state index is 10.4. The molecular weight excluding hydrogens is 304 g/mol. The molecule has 120 valence electrons. The molecule has 2 aliphatic heterocycles. The van der Waals surface area contributed by atoms with Crippen LogP contribution < -0.4 is 10.6 Å². The number of carboxylic acid groups (broad SMARTS) is 1. The van der Waals surface area contributed by atoms with Crippen molar-refractivity contribution in [1.82, 2.24) is 10.6 Å². The molecule has 0 spiro atoms. The van der Waals surface area contributed by atoms with Gasteiger partial charge in [0.05, 0.1) is 0 Å². The quantitative estimate of drug-likeness (QED) is 0.737. The maximum Gasteiger partial charge on any atom is 0.326 e. The third-order valence-corrected chi connectivity index (χ3v) is 4.19. The van der Waals surface area contributed by atoms with Crippen LogP contribution in [0.2, 0.25) is 5.02 Å². The Morgan fingerprint density at radius 2 is 2.14 bits per heavy atom. The van der Waals surface area contributed by atoms with Gasteiger partial charge in [-0.25, -0.2) is 4.79 Å². The van der Waals surface area contributed by atoms with Crippen molar-refractivity contribution in [3.63, 3.8) is 0 Å². The zero-order valence-corrected chi connectivity index (χ0v) is 13.3. The largest absolute Gasteiger partial charge is 0.480 e. The van der Waals surface area contributed by atoms with Crippen LogP contribution in [0.1, 0.15) is 36.8 Å². The van der Waals surface area contributed by atoms with Gasteiger partial charge in [-0.2, -0.15) is 0 Å². The topological polar surface area (TPSA) is 78.4 Å². The molecule has 1 aromatic carbocycles. The lowest BCUT2D eigenvalue weighted by molar-refractivity contribution is -0.140. The van der Waals surface area contributed by atoms with E-state index >= 15 is 0 Å². The molecule has 2 aliphatic rings. The highest BCUT2D eigenvalue weighted by atomic mass is 35.5. The number of hydrogen-bond acceptors (Lipinski definition) is 3. The van der Waals surface area contributed by atoms with Gasteiger partial charge in [0.1, 0.15) is 6.04 Å². The van der Waals surface area contributed by atoms with E-state index in [4.69, 9.17) is 16.7 Å². The summed E-state index contributed by atoms with van der Waals surface area (Å²) in [5, 5.41) is 14.9. The number of aliphatic carboxylic acids is 1. The summed E-state index contributed by atoms with van der Waals surface area (Å²) in [5.41, 5.74) is 2.86. The fourth-order valence-corrected chi connectivity index (χ4v) is 2.88. The number of carboxylic acids is 1. The van der Waals surface area contributed by atoms with Crippen LogP contribution in [0.25, 0.3) is 0 Å². The van der Waals surface area contributed by atoms with Crippen LogP contribution >= 0.6 is 11.6 Å². The van der Waals surface area contributed by atoms with E-state index in [-0.39, 0.29) is 5.91 Å². The van der Waals surface area contributed by atoms with Crippen LogP contribution in [0.4, 0.5) is 0 Å². The first-order valence-electron chi connectivity index (χ1n) is 7.48. The third-order valence-electron chi connectivity index (χ3n) is 3.95. The summed E-state index contributed by atoms with van der Waals surface area (Å²) in [4.78, 5) is 20.5. The van der Waals surface area contributed by atoms with Crippen molar-refractivity contribution in [2.75, 3.05) is 13.1 Å². The fraction of sp³-hybridized carbons (Fsp3) is 0.500.